The topological polar surface area (TPSA) is 70.2 Å². The second kappa shape index (κ2) is 6.09. The molecule has 6 heteroatoms. The van der Waals surface area contributed by atoms with Crippen molar-refractivity contribution in [3.8, 4) is 0 Å². The Balaban J connectivity index is 1.72. The summed E-state index contributed by atoms with van der Waals surface area (Å²) < 4.78 is 23.1. The number of Topliss-reactive ketones (excluding diaryl/α,β-unsaturated/α-hetero) is 1. The number of para-hydroxylation sites is 1. The lowest BCUT2D eigenvalue weighted by atomic mass is 10.0. The molecule has 2 heterocycles. The van der Waals surface area contributed by atoms with Gasteiger partial charge in [0.25, 0.3) is 0 Å². The number of carbonyl (C=O) groups is 1. The van der Waals surface area contributed by atoms with Gasteiger partial charge in [0.1, 0.15) is 0 Å². The van der Waals surface area contributed by atoms with Gasteiger partial charge >= 0.3 is 0 Å². The predicted octanol–water partition coefficient (Wildman–Crippen LogP) is 2.11. The highest BCUT2D eigenvalue weighted by Crippen LogP contribution is 2.23. The Morgan fingerprint density at radius 2 is 2.13 bits per heavy atom. The monoisotopic (exact) mass is 334 g/mol. The molecule has 23 heavy (non-hydrogen) atoms. The fourth-order valence-corrected chi connectivity index (χ4v) is 5.13. The zero-order valence-electron chi connectivity index (χ0n) is 13.5. The Labute approximate surface area is 136 Å². The van der Waals surface area contributed by atoms with Crippen LogP contribution in [0.5, 0.6) is 0 Å². The van der Waals surface area contributed by atoms with Crippen LogP contribution in [-0.2, 0) is 9.84 Å². The first-order valence-corrected chi connectivity index (χ1v) is 9.70. The van der Waals surface area contributed by atoms with Crippen LogP contribution in [0.15, 0.2) is 30.5 Å². The number of benzene rings is 1. The molecule has 1 fully saturated rings. The van der Waals surface area contributed by atoms with Crippen molar-refractivity contribution in [1.29, 1.82) is 0 Å². The van der Waals surface area contributed by atoms with Gasteiger partial charge in [-0.25, -0.2) is 8.42 Å². The normalized spacial score (nSPS) is 21.8. The van der Waals surface area contributed by atoms with Crippen LogP contribution in [0.1, 0.15) is 23.7 Å². The third kappa shape index (κ3) is 3.33. The van der Waals surface area contributed by atoms with Crippen LogP contribution in [0.2, 0.25) is 0 Å². The Morgan fingerprint density at radius 3 is 2.83 bits per heavy atom. The van der Waals surface area contributed by atoms with E-state index in [4.69, 9.17) is 0 Å². The lowest BCUT2D eigenvalue weighted by molar-refractivity contribution is 0.0857. The van der Waals surface area contributed by atoms with Crippen molar-refractivity contribution in [1.82, 2.24) is 9.88 Å². The smallest absolute Gasteiger partial charge is 0.181 e. The van der Waals surface area contributed by atoms with E-state index in [-0.39, 0.29) is 29.2 Å². The molecule has 0 saturated carbocycles. The molecule has 2 atom stereocenters. The van der Waals surface area contributed by atoms with Crippen LogP contribution >= 0.6 is 0 Å². The Morgan fingerprint density at radius 1 is 1.39 bits per heavy atom. The molecule has 0 amide bonds. The zero-order valence-corrected chi connectivity index (χ0v) is 14.3. The number of ketones is 1. The van der Waals surface area contributed by atoms with Gasteiger partial charge in [0, 0.05) is 29.2 Å². The fraction of sp³-hybridized carbons (Fsp3) is 0.471. The fourth-order valence-electron chi connectivity index (χ4n) is 3.28. The molecule has 0 radical (unpaired) electrons. The lowest BCUT2D eigenvalue weighted by Crippen LogP contribution is -2.39. The molecule has 1 aromatic carbocycles. The first-order chi connectivity index (χ1) is 10.9. The third-order valence-electron chi connectivity index (χ3n) is 4.77. The average Bonchev–Trinajstić information content (AvgIpc) is 3.08. The number of hydrogen-bond donors (Lipinski definition) is 1. The standard InChI is InChI=1S/C17H22N2O3S/c1-12(19(2)10-13-7-8-23(21,22)11-13)17(20)15-9-18-16-6-4-3-5-14(15)16/h3-6,9,12-13,18H,7-8,10-11H2,1-2H3/t12-,13-/m1/s1. The van der Waals surface area contributed by atoms with Gasteiger partial charge in [0.15, 0.2) is 15.6 Å². The Bertz CT molecular complexity index is 825. The van der Waals surface area contributed by atoms with Crippen molar-refractivity contribution in [2.24, 2.45) is 5.92 Å². The largest absolute Gasteiger partial charge is 0.360 e. The van der Waals surface area contributed by atoms with E-state index in [0.717, 1.165) is 10.9 Å². The van der Waals surface area contributed by atoms with Crippen molar-refractivity contribution in [3.63, 3.8) is 0 Å². The van der Waals surface area contributed by atoms with Crippen LogP contribution in [0.25, 0.3) is 10.9 Å². The number of rotatable bonds is 5. The minimum atomic E-state index is -2.88. The van der Waals surface area contributed by atoms with Gasteiger partial charge in [0.2, 0.25) is 0 Å². The summed E-state index contributed by atoms with van der Waals surface area (Å²) >= 11 is 0. The Kier molecular flexibility index (Phi) is 4.29. The molecule has 1 aliphatic rings. The van der Waals surface area contributed by atoms with E-state index in [1.165, 1.54) is 0 Å². The predicted molar refractivity (Wildman–Crippen MR) is 91.5 cm³/mol. The number of nitrogens with zero attached hydrogens (tertiary/aromatic N) is 1. The van der Waals surface area contributed by atoms with Crippen LogP contribution in [0.3, 0.4) is 0 Å². The van der Waals surface area contributed by atoms with E-state index in [0.29, 0.717) is 18.5 Å². The molecule has 0 aliphatic carbocycles. The van der Waals surface area contributed by atoms with Crippen molar-refractivity contribution in [3.05, 3.63) is 36.0 Å². The van der Waals surface area contributed by atoms with Gasteiger partial charge in [-0.05, 0) is 32.4 Å². The third-order valence-corrected chi connectivity index (χ3v) is 6.61. The number of sulfone groups is 1. The van der Waals surface area contributed by atoms with Gasteiger partial charge in [-0.3, -0.25) is 9.69 Å². The molecular formula is C17H22N2O3S. The average molecular weight is 334 g/mol. The molecule has 0 bridgehead atoms. The van der Waals surface area contributed by atoms with Gasteiger partial charge in [0.05, 0.1) is 17.5 Å². The Hall–Kier alpha value is -1.66. The molecule has 5 nitrogen and oxygen atoms in total. The molecule has 1 aromatic heterocycles. The summed E-state index contributed by atoms with van der Waals surface area (Å²) in [5, 5.41) is 0.932. The second-order valence-corrected chi connectivity index (χ2v) is 8.73. The summed E-state index contributed by atoms with van der Waals surface area (Å²) in [5.74, 6) is 0.704. The van der Waals surface area contributed by atoms with Gasteiger partial charge in [-0.1, -0.05) is 18.2 Å². The van der Waals surface area contributed by atoms with Crippen LogP contribution in [-0.4, -0.2) is 55.2 Å². The van der Waals surface area contributed by atoms with Gasteiger partial charge < -0.3 is 4.98 Å². The molecule has 0 spiro atoms. The number of aromatic nitrogens is 1. The maximum atomic E-state index is 12.8. The molecular weight excluding hydrogens is 312 g/mol. The summed E-state index contributed by atoms with van der Waals surface area (Å²) in [5.41, 5.74) is 1.64. The molecule has 124 valence electrons. The SMILES string of the molecule is C[C@H](C(=O)c1c[nH]c2ccccc12)N(C)C[C@H]1CCS(=O)(=O)C1. The maximum Gasteiger partial charge on any atom is 0.181 e. The number of H-pyrrole nitrogens is 1. The van der Waals surface area contributed by atoms with Crippen molar-refractivity contribution in [2.45, 2.75) is 19.4 Å². The highest BCUT2D eigenvalue weighted by atomic mass is 32.2. The zero-order chi connectivity index (χ0) is 16.6. The minimum absolute atomic E-state index is 0.0609. The van der Waals surface area contributed by atoms with E-state index < -0.39 is 9.84 Å². The first kappa shape index (κ1) is 16.2. The molecule has 1 saturated heterocycles. The van der Waals surface area contributed by atoms with Gasteiger partial charge in [-0.2, -0.15) is 0 Å². The summed E-state index contributed by atoms with van der Waals surface area (Å²) in [6.07, 6.45) is 2.46. The molecule has 0 unspecified atom stereocenters. The van der Waals surface area contributed by atoms with E-state index in [9.17, 15) is 13.2 Å². The van der Waals surface area contributed by atoms with E-state index >= 15 is 0 Å². The summed E-state index contributed by atoms with van der Waals surface area (Å²) in [7, 11) is -0.984. The first-order valence-electron chi connectivity index (χ1n) is 7.88. The molecule has 1 aliphatic heterocycles. The summed E-state index contributed by atoms with van der Waals surface area (Å²) in [6, 6.07) is 7.46. The summed E-state index contributed by atoms with van der Waals surface area (Å²) in [4.78, 5) is 17.9. The number of aromatic amines is 1. The number of nitrogens with one attached hydrogen (secondary N) is 1. The molecule has 3 rings (SSSR count). The van der Waals surface area contributed by atoms with Crippen LogP contribution in [0, 0.1) is 5.92 Å². The minimum Gasteiger partial charge on any atom is -0.360 e. The van der Waals surface area contributed by atoms with Crippen molar-refractivity contribution in [2.75, 3.05) is 25.1 Å². The van der Waals surface area contributed by atoms with E-state index in [1.54, 1.807) is 6.20 Å². The maximum absolute atomic E-state index is 12.8. The highest BCUT2D eigenvalue weighted by Gasteiger charge is 2.31. The van der Waals surface area contributed by atoms with Crippen LogP contribution < -0.4 is 0 Å². The highest BCUT2D eigenvalue weighted by molar-refractivity contribution is 7.91. The number of carbonyl (C=O) groups excluding carboxylic acids is 1. The quantitative estimate of drug-likeness (QED) is 0.850. The van der Waals surface area contributed by atoms with Crippen molar-refractivity contribution < 1.29 is 13.2 Å². The molecule has 1 N–H and O–H groups in total. The number of likely N-dealkylation sites (N-methyl/N-ethyl adjacent to an activating group) is 1. The summed E-state index contributed by atoms with van der Waals surface area (Å²) in [6.45, 7) is 2.52. The van der Waals surface area contributed by atoms with Crippen molar-refractivity contribution >= 4 is 26.5 Å². The van der Waals surface area contributed by atoms with E-state index in [2.05, 4.69) is 4.98 Å². The van der Waals surface area contributed by atoms with Crippen LogP contribution in [0.4, 0.5) is 0 Å². The number of fused-ring (bicyclic) bond motifs is 1. The lowest BCUT2D eigenvalue weighted by Gasteiger charge is -2.25. The van der Waals surface area contributed by atoms with Gasteiger partial charge in [-0.15, -0.1) is 0 Å². The van der Waals surface area contributed by atoms with E-state index in [1.807, 2.05) is 43.1 Å². The number of hydrogen-bond acceptors (Lipinski definition) is 4. The molecule has 2 aromatic rings. The second-order valence-electron chi connectivity index (χ2n) is 6.50.